The highest BCUT2D eigenvalue weighted by molar-refractivity contribution is 9.10. The van der Waals surface area contributed by atoms with Gasteiger partial charge in [-0.25, -0.2) is 15.2 Å². The normalized spacial score (nSPS) is 10.1. The molecule has 19 heavy (non-hydrogen) atoms. The first-order valence-electron chi connectivity index (χ1n) is 5.14. The van der Waals surface area contributed by atoms with Crippen LogP contribution >= 0.6 is 15.9 Å². The number of halogens is 2. The highest BCUT2D eigenvalue weighted by Gasteiger charge is 2.14. The fourth-order valence-electron chi connectivity index (χ4n) is 1.37. The van der Waals surface area contributed by atoms with E-state index in [0.717, 1.165) is 0 Å². The monoisotopic (exact) mass is 328 g/mol. The predicted octanol–water partition coefficient (Wildman–Crippen LogP) is 2.46. The summed E-state index contributed by atoms with van der Waals surface area (Å²) in [5.74, 6) is 5.76. The molecule has 1 aromatic heterocycles. The second-order valence-electron chi connectivity index (χ2n) is 3.38. The van der Waals surface area contributed by atoms with E-state index in [-0.39, 0.29) is 23.2 Å². The van der Waals surface area contributed by atoms with E-state index in [1.165, 1.54) is 25.6 Å². The lowest BCUT2D eigenvalue weighted by atomic mass is 10.3. The second-order valence-corrected chi connectivity index (χ2v) is 4.24. The van der Waals surface area contributed by atoms with E-state index < -0.39 is 5.82 Å². The first-order chi connectivity index (χ1) is 9.15. The summed E-state index contributed by atoms with van der Waals surface area (Å²) in [4.78, 5) is 7.79. The molecule has 0 amide bonds. The lowest BCUT2D eigenvalue weighted by Gasteiger charge is -2.11. The molecule has 0 spiro atoms. The number of methoxy groups -OCH3 is 1. The van der Waals surface area contributed by atoms with Crippen LogP contribution in [0.5, 0.6) is 17.4 Å². The van der Waals surface area contributed by atoms with Crippen molar-refractivity contribution in [3.05, 3.63) is 34.8 Å². The molecule has 0 aliphatic carbocycles. The number of hydrogen-bond donors (Lipinski definition) is 2. The molecule has 100 valence electrons. The smallest absolute Gasteiger partial charge is 0.268 e. The maximum Gasteiger partial charge on any atom is 0.268 e. The number of nitrogens with one attached hydrogen (secondary N) is 1. The molecule has 1 aromatic carbocycles. The fraction of sp³-hybridized carbons (Fsp3) is 0.0909. The Morgan fingerprint density at radius 3 is 2.79 bits per heavy atom. The second kappa shape index (κ2) is 5.81. The summed E-state index contributed by atoms with van der Waals surface area (Å²) in [5.41, 5.74) is 2.36. The van der Waals surface area contributed by atoms with Gasteiger partial charge < -0.3 is 14.9 Å². The van der Waals surface area contributed by atoms with Crippen LogP contribution in [0.2, 0.25) is 0 Å². The number of rotatable bonds is 4. The van der Waals surface area contributed by atoms with Crippen LogP contribution in [-0.4, -0.2) is 17.1 Å². The average molecular weight is 329 g/mol. The first kappa shape index (κ1) is 13.5. The van der Waals surface area contributed by atoms with Crippen molar-refractivity contribution in [3.8, 4) is 17.4 Å². The van der Waals surface area contributed by atoms with E-state index in [4.69, 9.17) is 15.3 Å². The fourth-order valence-corrected chi connectivity index (χ4v) is 1.62. The number of nitrogens with two attached hydrogens (primary N) is 1. The molecule has 0 saturated carbocycles. The summed E-state index contributed by atoms with van der Waals surface area (Å²) in [7, 11) is 1.43. The van der Waals surface area contributed by atoms with Gasteiger partial charge in [0.1, 0.15) is 17.9 Å². The predicted molar refractivity (Wildman–Crippen MR) is 70.6 cm³/mol. The van der Waals surface area contributed by atoms with E-state index >= 15 is 0 Å². The summed E-state index contributed by atoms with van der Waals surface area (Å²) in [5, 5.41) is 0. The average Bonchev–Trinajstić information content (AvgIpc) is 2.42. The van der Waals surface area contributed by atoms with E-state index in [1.807, 2.05) is 0 Å². The number of aromatic nitrogens is 2. The van der Waals surface area contributed by atoms with Crippen molar-refractivity contribution in [1.29, 1.82) is 0 Å². The van der Waals surface area contributed by atoms with E-state index in [0.29, 0.717) is 4.47 Å². The standard InChI is InChI=1S/C11H10BrFN4O2/c1-18-9-10(17-14)15-5-16-11(9)19-6-2-3-7(12)8(13)4-6/h2-5H,14H2,1H3,(H,15,16,17). The van der Waals surface area contributed by atoms with Gasteiger partial charge >= 0.3 is 0 Å². The largest absolute Gasteiger partial charge is 0.489 e. The summed E-state index contributed by atoms with van der Waals surface area (Å²) >= 11 is 3.06. The molecule has 8 heteroatoms. The van der Waals surface area contributed by atoms with Crippen LogP contribution in [0.25, 0.3) is 0 Å². The molecular weight excluding hydrogens is 319 g/mol. The Labute approximate surface area is 116 Å². The van der Waals surface area contributed by atoms with Crippen molar-refractivity contribution in [2.24, 2.45) is 5.84 Å². The molecule has 0 unspecified atom stereocenters. The van der Waals surface area contributed by atoms with Gasteiger partial charge in [-0.2, -0.15) is 4.98 Å². The highest BCUT2D eigenvalue weighted by atomic mass is 79.9. The zero-order chi connectivity index (χ0) is 13.8. The lowest BCUT2D eigenvalue weighted by Crippen LogP contribution is -2.11. The number of nitrogen functional groups attached to an aromatic ring is 1. The topological polar surface area (TPSA) is 82.3 Å². The third-order valence-corrected chi connectivity index (χ3v) is 2.86. The van der Waals surface area contributed by atoms with E-state index in [2.05, 4.69) is 31.3 Å². The Kier molecular flexibility index (Phi) is 4.13. The van der Waals surface area contributed by atoms with Gasteiger partial charge in [0, 0.05) is 6.07 Å². The van der Waals surface area contributed by atoms with Crippen molar-refractivity contribution in [3.63, 3.8) is 0 Å². The molecule has 0 radical (unpaired) electrons. The molecule has 2 rings (SSSR count). The van der Waals surface area contributed by atoms with Crippen LogP contribution in [-0.2, 0) is 0 Å². The molecule has 0 saturated heterocycles. The van der Waals surface area contributed by atoms with Gasteiger partial charge in [-0.05, 0) is 28.1 Å². The molecule has 0 fully saturated rings. The maximum atomic E-state index is 13.4. The van der Waals surface area contributed by atoms with Crippen LogP contribution in [0.15, 0.2) is 29.0 Å². The minimum Gasteiger partial charge on any atom is -0.489 e. The third-order valence-electron chi connectivity index (χ3n) is 2.22. The molecule has 3 N–H and O–H groups in total. The summed E-state index contributed by atoms with van der Waals surface area (Å²) in [6, 6.07) is 4.34. The Morgan fingerprint density at radius 2 is 2.16 bits per heavy atom. The van der Waals surface area contributed by atoms with Crippen LogP contribution in [0.1, 0.15) is 0 Å². The highest BCUT2D eigenvalue weighted by Crippen LogP contribution is 2.34. The Balaban J connectivity index is 2.35. The van der Waals surface area contributed by atoms with Gasteiger partial charge in [-0.15, -0.1) is 0 Å². The minimum absolute atomic E-state index is 0.132. The summed E-state index contributed by atoms with van der Waals surface area (Å²) < 4.78 is 24.3. The van der Waals surface area contributed by atoms with Crippen molar-refractivity contribution in [2.45, 2.75) is 0 Å². The molecule has 0 aliphatic heterocycles. The molecule has 1 heterocycles. The SMILES string of the molecule is COc1c(NN)ncnc1Oc1ccc(Br)c(F)c1. The zero-order valence-corrected chi connectivity index (χ0v) is 11.4. The summed E-state index contributed by atoms with van der Waals surface area (Å²) in [6.07, 6.45) is 1.25. The molecule has 0 aliphatic rings. The number of anilines is 1. The molecule has 2 aromatic rings. The quantitative estimate of drug-likeness (QED) is 0.662. The Bertz CT molecular complexity index is 597. The van der Waals surface area contributed by atoms with Crippen molar-refractivity contribution >= 4 is 21.7 Å². The third kappa shape index (κ3) is 2.91. The van der Waals surface area contributed by atoms with Crippen molar-refractivity contribution < 1.29 is 13.9 Å². The van der Waals surface area contributed by atoms with Gasteiger partial charge in [0.05, 0.1) is 11.6 Å². The Hall–Kier alpha value is -1.93. The molecular formula is C11H10BrFN4O2. The van der Waals surface area contributed by atoms with Gasteiger partial charge in [-0.3, -0.25) is 0 Å². The maximum absolute atomic E-state index is 13.4. The van der Waals surface area contributed by atoms with E-state index in [1.54, 1.807) is 6.07 Å². The van der Waals surface area contributed by atoms with Gasteiger partial charge in [-0.1, -0.05) is 0 Å². The number of hydrogen-bond acceptors (Lipinski definition) is 6. The van der Waals surface area contributed by atoms with Gasteiger partial charge in [0.25, 0.3) is 5.88 Å². The van der Waals surface area contributed by atoms with Gasteiger partial charge in [0.2, 0.25) is 5.75 Å². The van der Waals surface area contributed by atoms with E-state index in [9.17, 15) is 4.39 Å². The Morgan fingerprint density at radius 1 is 1.37 bits per heavy atom. The lowest BCUT2D eigenvalue weighted by molar-refractivity contribution is 0.368. The number of nitrogens with zero attached hydrogens (tertiary/aromatic N) is 2. The van der Waals surface area contributed by atoms with Gasteiger partial charge in [0.15, 0.2) is 5.82 Å². The van der Waals surface area contributed by atoms with Crippen LogP contribution < -0.4 is 20.7 Å². The van der Waals surface area contributed by atoms with Crippen LogP contribution in [0.4, 0.5) is 10.2 Å². The number of benzene rings is 1. The summed E-state index contributed by atoms with van der Waals surface area (Å²) in [6.45, 7) is 0. The first-order valence-corrected chi connectivity index (χ1v) is 5.93. The number of ether oxygens (including phenoxy) is 2. The van der Waals surface area contributed by atoms with Crippen molar-refractivity contribution in [1.82, 2.24) is 9.97 Å². The molecule has 0 bridgehead atoms. The van der Waals surface area contributed by atoms with Crippen LogP contribution in [0, 0.1) is 5.82 Å². The minimum atomic E-state index is -0.442. The molecule has 6 nitrogen and oxygen atoms in total. The zero-order valence-electron chi connectivity index (χ0n) is 9.85. The number of hydrazine groups is 1. The van der Waals surface area contributed by atoms with Crippen molar-refractivity contribution in [2.75, 3.05) is 12.5 Å². The molecule has 0 atom stereocenters. The van der Waals surface area contributed by atoms with Crippen LogP contribution in [0.3, 0.4) is 0 Å².